The molecular formula is C35H40Fe3. The van der Waals surface area contributed by atoms with Crippen molar-refractivity contribution in [1.29, 1.82) is 0 Å². The van der Waals surface area contributed by atoms with Crippen molar-refractivity contribution in [2.45, 2.75) is 33.1 Å². The Kier molecular flexibility index (Phi) is 34.5. The molecule has 0 aliphatic heterocycles. The molecule has 0 radical (unpaired) electrons. The molecular weight excluding hydrogens is 588 g/mol. The average Bonchev–Trinajstić information content (AvgIpc) is 3.80. The van der Waals surface area contributed by atoms with E-state index < -0.39 is 0 Å². The van der Waals surface area contributed by atoms with Crippen LogP contribution in [0.15, 0.2) is 170 Å². The summed E-state index contributed by atoms with van der Waals surface area (Å²) in [5, 5.41) is 0. The molecule has 6 aromatic rings. The van der Waals surface area contributed by atoms with E-state index in [9.17, 15) is 0 Å². The second-order valence-electron chi connectivity index (χ2n) is 7.54. The van der Waals surface area contributed by atoms with Crippen LogP contribution in [0.3, 0.4) is 0 Å². The van der Waals surface area contributed by atoms with Crippen molar-refractivity contribution in [3.8, 4) is 0 Å². The minimum Gasteiger partial charge on any atom is -0.214 e. The molecule has 0 N–H and O–H groups in total. The maximum absolute atomic E-state index is 2.20. The van der Waals surface area contributed by atoms with E-state index in [0.717, 1.165) is 6.42 Å². The van der Waals surface area contributed by atoms with Crippen LogP contribution in [-0.2, 0) is 64.0 Å². The van der Waals surface area contributed by atoms with E-state index >= 15 is 0 Å². The van der Waals surface area contributed by atoms with Crippen molar-refractivity contribution in [2.24, 2.45) is 0 Å². The van der Waals surface area contributed by atoms with E-state index in [1.807, 2.05) is 121 Å². The van der Waals surface area contributed by atoms with Crippen LogP contribution >= 0.6 is 0 Å². The molecule has 0 bridgehead atoms. The van der Waals surface area contributed by atoms with Gasteiger partial charge in [-0.3, -0.25) is 0 Å². The molecule has 0 nitrogen and oxygen atoms in total. The molecule has 0 saturated heterocycles. The minimum absolute atomic E-state index is 0. The summed E-state index contributed by atoms with van der Waals surface area (Å²) in [5.41, 5.74) is 2.90. The van der Waals surface area contributed by atoms with E-state index in [-0.39, 0.29) is 51.2 Å². The summed E-state index contributed by atoms with van der Waals surface area (Å²) in [6, 6.07) is 56.9. The van der Waals surface area contributed by atoms with Gasteiger partial charge in [-0.15, -0.1) is 0 Å². The second-order valence-corrected chi connectivity index (χ2v) is 7.54. The summed E-state index contributed by atoms with van der Waals surface area (Å²) in [6.07, 6.45) is 3.64. The van der Waals surface area contributed by atoms with Crippen molar-refractivity contribution < 1.29 is 51.2 Å². The van der Waals surface area contributed by atoms with E-state index in [0.29, 0.717) is 0 Å². The van der Waals surface area contributed by atoms with Crippen LogP contribution in [0.1, 0.15) is 31.4 Å². The molecule has 6 aromatic carbocycles. The first-order valence-electron chi connectivity index (χ1n) is 12.4. The van der Waals surface area contributed by atoms with Crippen LogP contribution in [0.2, 0.25) is 0 Å². The van der Waals surface area contributed by atoms with E-state index in [4.69, 9.17) is 0 Å². The summed E-state index contributed by atoms with van der Waals surface area (Å²) in [4.78, 5) is 0. The Morgan fingerprint density at radius 3 is 0.816 bits per heavy atom. The van der Waals surface area contributed by atoms with Crippen LogP contribution in [0.4, 0.5) is 0 Å². The van der Waals surface area contributed by atoms with Gasteiger partial charge >= 0.3 is 51.2 Å². The molecule has 0 aromatic heterocycles. The van der Waals surface area contributed by atoms with Crippen molar-refractivity contribution in [3.63, 3.8) is 0 Å². The Bertz CT molecular complexity index is 828. The Hall–Kier alpha value is -2.34. The van der Waals surface area contributed by atoms with Gasteiger partial charge in [-0.2, -0.15) is 108 Å². The Morgan fingerprint density at radius 1 is 0.395 bits per heavy atom. The molecule has 0 atom stereocenters. The van der Waals surface area contributed by atoms with E-state index in [2.05, 4.69) is 62.4 Å². The maximum atomic E-state index is 2.20. The zero-order valence-electron chi connectivity index (χ0n) is 22.3. The topological polar surface area (TPSA) is 0 Å². The zero-order valence-corrected chi connectivity index (χ0v) is 25.7. The number of rotatable bonds is 3. The molecule has 0 unspecified atom stereocenters. The van der Waals surface area contributed by atoms with Crippen LogP contribution in [0.25, 0.3) is 0 Å². The smallest absolute Gasteiger partial charge is 0.214 e. The summed E-state index contributed by atoms with van der Waals surface area (Å²) in [6.45, 7) is 4.36. The summed E-state index contributed by atoms with van der Waals surface area (Å²) in [5.74, 6) is 0. The third kappa shape index (κ3) is 26.7. The molecule has 0 fully saturated rings. The van der Waals surface area contributed by atoms with E-state index in [1.54, 1.807) is 0 Å². The Labute approximate surface area is 263 Å². The third-order valence-electron chi connectivity index (χ3n) is 4.63. The van der Waals surface area contributed by atoms with Crippen molar-refractivity contribution in [2.75, 3.05) is 0 Å². The standard InChI is InChI=1S/C8H11.C7H9.4C5H5.3Fe/c1-2-5-8-6-3-4-7-8;1-2-7-5-3-4-6-7;4*1-2-4-5-3-1;;;/h3-4,6-7H,2,5H2,1H3;3-6H,2H2,1H3;4*1-5H;;;/q6*-1;3*+2. The molecule has 0 amide bonds. The molecule has 0 aliphatic rings. The van der Waals surface area contributed by atoms with Gasteiger partial charge in [0.15, 0.2) is 0 Å². The van der Waals surface area contributed by atoms with Gasteiger partial charge in [-0.05, 0) is 0 Å². The summed E-state index contributed by atoms with van der Waals surface area (Å²) in [7, 11) is 0. The van der Waals surface area contributed by atoms with Gasteiger partial charge in [0.25, 0.3) is 0 Å². The first kappa shape index (κ1) is 40.2. The van der Waals surface area contributed by atoms with Gasteiger partial charge in [0.2, 0.25) is 0 Å². The van der Waals surface area contributed by atoms with Crippen LogP contribution in [-0.4, -0.2) is 0 Å². The van der Waals surface area contributed by atoms with Gasteiger partial charge in [0.05, 0.1) is 0 Å². The third-order valence-corrected chi connectivity index (χ3v) is 4.63. The van der Waals surface area contributed by atoms with Gasteiger partial charge in [0, 0.05) is 0 Å². The molecule has 0 heterocycles. The molecule has 0 aliphatic carbocycles. The first-order valence-corrected chi connectivity index (χ1v) is 12.4. The number of hydrogen-bond acceptors (Lipinski definition) is 0. The van der Waals surface area contributed by atoms with Crippen molar-refractivity contribution in [3.05, 3.63) is 181 Å². The van der Waals surface area contributed by atoms with Gasteiger partial charge < -0.3 is 0 Å². The monoisotopic (exact) mass is 628 g/mol. The molecule has 3 heteroatoms. The second kappa shape index (κ2) is 32.7. The van der Waals surface area contributed by atoms with E-state index in [1.165, 1.54) is 24.0 Å². The first-order chi connectivity index (χ1) is 17.4. The molecule has 204 valence electrons. The van der Waals surface area contributed by atoms with Crippen molar-refractivity contribution >= 4 is 0 Å². The number of aryl methyl sites for hydroxylation is 2. The predicted molar refractivity (Wildman–Crippen MR) is 156 cm³/mol. The quantitative estimate of drug-likeness (QED) is 0.135. The normalized spacial score (nSPS) is 7.95. The van der Waals surface area contributed by atoms with Gasteiger partial charge in [-0.25, -0.2) is 72.8 Å². The fourth-order valence-corrected chi connectivity index (χ4v) is 2.80. The number of hydrogen-bond donors (Lipinski definition) is 0. The average molecular weight is 628 g/mol. The molecule has 0 spiro atoms. The molecule has 6 rings (SSSR count). The SMILES string of the molecule is CCC[c-]1cccc1.CC[c-]1cccc1.[Fe+2].[Fe+2].[Fe+2].c1cc[cH-]c1.c1cc[cH-]c1.c1cc[cH-]c1.c1cc[cH-]c1. The van der Waals surface area contributed by atoms with Crippen LogP contribution in [0.5, 0.6) is 0 Å². The Morgan fingerprint density at radius 2 is 0.658 bits per heavy atom. The molecule has 38 heavy (non-hydrogen) atoms. The zero-order chi connectivity index (χ0) is 25.1. The minimum atomic E-state index is 0. The predicted octanol–water partition coefficient (Wildman–Crippen LogP) is 9.94. The van der Waals surface area contributed by atoms with Crippen molar-refractivity contribution in [1.82, 2.24) is 0 Å². The van der Waals surface area contributed by atoms with Crippen LogP contribution in [0, 0.1) is 0 Å². The molecule has 0 saturated carbocycles. The Balaban J connectivity index is -0.000000384. The van der Waals surface area contributed by atoms with Crippen LogP contribution < -0.4 is 0 Å². The maximum Gasteiger partial charge on any atom is 2.00 e. The largest absolute Gasteiger partial charge is 2.00 e. The summed E-state index contributed by atoms with van der Waals surface area (Å²) < 4.78 is 0. The fraction of sp³-hybridized carbons (Fsp3) is 0.143. The summed E-state index contributed by atoms with van der Waals surface area (Å²) >= 11 is 0. The van der Waals surface area contributed by atoms with Gasteiger partial charge in [0.1, 0.15) is 0 Å². The van der Waals surface area contributed by atoms with Gasteiger partial charge in [-0.1, -0.05) is 33.1 Å². The fourth-order valence-electron chi connectivity index (χ4n) is 2.80.